The third-order valence-corrected chi connectivity index (χ3v) is 8.11. The summed E-state index contributed by atoms with van der Waals surface area (Å²) in [6, 6.07) is 15.4. The number of carbonyl (C=O) groups excluding carboxylic acids is 2. The maximum Gasteiger partial charge on any atom is 0.412 e. The fourth-order valence-corrected chi connectivity index (χ4v) is 5.62. The van der Waals surface area contributed by atoms with E-state index in [1.165, 1.54) is 6.07 Å². The van der Waals surface area contributed by atoms with Crippen molar-refractivity contribution in [3.8, 4) is 0 Å². The zero-order valence-corrected chi connectivity index (χ0v) is 27.4. The quantitative estimate of drug-likeness (QED) is 0.249. The Labute approximate surface area is 278 Å². The van der Waals surface area contributed by atoms with Gasteiger partial charge < -0.3 is 24.9 Å². The summed E-state index contributed by atoms with van der Waals surface area (Å²) in [4.78, 5) is 48.8. The Morgan fingerprint density at radius 2 is 1.90 bits per heavy atom. The standard InChI is InChI=1S/C36H40FN5O6/c1-22-8-15-31(24-10-12-26(13-11-24)39-35(46)47-36(2,3)4)48-41-32(22)27-14-9-23(19-28(27)37)20-30(33(43)44)40-34(45)42-18-16-25(21-42)29-7-5-6-17-38-29/h5-7,9-15,17,19,22,25,30H,8,16,18,20-21H2,1-4H3,(H,39,46)(H,40,45)(H,43,44). The van der Waals surface area contributed by atoms with Gasteiger partial charge in [-0.2, -0.15) is 0 Å². The van der Waals surface area contributed by atoms with Crippen LogP contribution in [-0.2, 0) is 20.8 Å². The first-order valence-corrected chi connectivity index (χ1v) is 15.9. The zero-order valence-electron chi connectivity index (χ0n) is 27.4. The smallest absolute Gasteiger partial charge is 0.412 e. The number of carbonyl (C=O) groups is 3. The van der Waals surface area contributed by atoms with E-state index in [0.717, 1.165) is 17.7 Å². The van der Waals surface area contributed by atoms with Crippen LogP contribution in [-0.4, -0.2) is 63.5 Å². The molecule has 3 unspecified atom stereocenters. The Hall–Kier alpha value is -5.26. The summed E-state index contributed by atoms with van der Waals surface area (Å²) in [6.45, 7) is 8.19. The van der Waals surface area contributed by atoms with Crippen molar-refractivity contribution in [3.63, 3.8) is 0 Å². The second kappa shape index (κ2) is 14.7. The number of nitrogens with zero attached hydrogens (tertiary/aromatic N) is 3. The van der Waals surface area contributed by atoms with Gasteiger partial charge in [0.05, 0.1) is 5.71 Å². The molecule has 252 valence electrons. The van der Waals surface area contributed by atoms with E-state index in [4.69, 9.17) is 9.57 Å². The number of rotatable bonds is 8. The number of pyridine rings is 1. The van der Waals surface area contributed by atoms with Crippen LogP contribution >= 0.6 is 0 Å². The number of hydrogen-bond donors (Lipinski definition) is 3. The van der Waals surface area contributed by atoms with Crippen LogP contribution in [0.15, 0.2) is 78.1 Å². The van der Waals surface area contributed by atoms with E-state index < -0.39 is 35.6 Å². The molecule has 0 aliphatic carbocycles. The molecule has 0 radical (unpaired) electrons. The zero-order chi connectivity index (χ0) is 34.4. The third kappa shape index (κ3) is 8.75. The van der Waals surface area contributed by atoms with E-state index in [9.17, 15) is 19.5 Å². The van der Waals surface area contributed by atoms with Crippen molar-refractivity contribution < 1.29 is 33.5 Å². The maximum atomic E-state index is 15.5. The Morgan fingerprint density at radius 1 is 1.12 bits per heavy atom. The largest absolute Gasteiger partial charge is 0.480 e. The Kier molecular flexibility index (Phi) is 10.4. The van der Waals surface area contributed by atoms with Crippen molar-refractivity contribution in [1.29, 1.82) is 0 Å². The lowest BCUT2D eigenvalue weighted by molar-refractivity contribution is -0.139. The highest BCUT2D eigenvalue weighted by Crippen LogP contribution is 2.28. The second-order valence-corrected chi connectivity index (χ2v) is 13.0. The Morgan fingerprint density at radius 3 is 2.56 bits per heavy atom. The Bertz CT molecular complexity index is 1700. The number of benzene rings is 2. The molecule has 2 aliphatic rings. The van der Waals surface area contributed by atoms with Crippen LogP contribution in [0.1, 0.15) is 68.8 Å². The van der Waals surface area contributed by atoms with Crippen molar-refractivity contribution in [1.82, 2.24) is 15.2 Å². The molecule has 1 aromatic heterocycles. The van der Waals surface area contributed by atoms with Gasteiger partial charge in [0.1, 0.15) is 17.5 Å². The normalized spacial score (nSPS) is 18.5. The fraction of sp³-hybridized carbons (Fsp3) is 0.361. The van der Waals surface area contributed by atoms with Gasteiger partial charge in [0, 0.05) is 60.1 Å². The molecular weight excluding hydrogens is 617 g/mol. The monoisotopic (exact) mass is 657 g/mol. The van der Waals surface area contributed by atoms with E-state index in [1.807, 2.05) is 31.2 Å². The van der Waals surface area contributed by atoms with Crippen LogP contribution in [0.25, 0.3) is 5.76 Å². The highest BCUT2D eigenvalue weighted by Gasteiger charge is 2.31. The highest BCUT2D eigenvalue weighted by molar-refractivity contribution is 6.02. The fourth-order valence-electron chi connectivity index (χ4n) is 5.62. The molecule has 2 aliphatic heterocycles. The molecule has 3 N–H and O–H groups in total. The van der Waals surface area contributed by atoms with E-state index in [2.05, 4.69) is 20.8 Å². The number of amides is 3. The number of carboxylic acid groups (broad SMARTS) is 1. The topological polar surface area (TPSA) is 142 Å². The van der Waals surface area contributed by atoms with Crippen molar-refractivity contribution in [3.05, 3.63) is 101 Å². The van der Waals surface area contributed by atoms with Crippen molar-refractivity contribution >= 4 is 35.3 Å². The summed E-state index contributed by atoms with van der Waals surface area (Å²) in [6.07, 6.45) is 4.19. The summed E-state index contributed by atoms with van der Waals surface area (Å²) in [5, 5.41) is 19.4. The molecule has 1 saturated heterocycles. The predicted octanol–water partition coefficient (Wildman–Crippen LogP) is 6.56. The van der Waals surface area contributed by atoms with Gasteiger partial charge in [-0.05, 0) is 93.8 Å². The number of anilines is 1. The number of ether oxygens (including phenoxy) is 1. The van der Waals surface area contributed by atoms with Gasteiger partial charge in [0.2, 0.25) is 0 Å². The number of hydrogen-bond acceptors (Lipinski definition) is 7. The molecule has 11 nitrogen and oxygen atoms in total. The number of carboxylic acids is 1. The van der Waals surface area contributed by atoms with Gasteiger partial charge in [-0.3, -0.25) is 10.3 Å². The first-order chi connectivity index (χ1) is 22.9. The number of aliphatic carboxylic acids is 1. The average Bonchev–Trinajstić information content (AvgIpc) is 3.46. The number of oxime groups is 1. The van der Waals surface area contributed by atoms with Gasteiger partial charge >= 0.3 is 18.1 Å². The predicted molar refractivity (Wildman–Crippen MR) is 179 cm³/mol. The number of urea groups is 1. The lowest BCUT2D eigenvalue weighted by atomic mass is 9.93. The van der Waals surface area contributed by atoms with Crippen molar-refractivity contribution in [2.24, 2.45) is 11.1 Å². The van der Waals surface area contributed by atoms with Crippen molar-refractivity contribution in [2.45, 2.75) is 64.5 Å². The second-order valence-electron chi connectivity index (χ2n) is 13.0. The molecule has 0 bridgehead atoms. The van der Waals surface area contributed by atoms with Crippen LogP contribution in [0.4, 0.5) is 19.7 Å². The van der Waals surface area contributed by atoms with Crippen LogP contribution in [0.5, 0.6) is 0 Å². The van der Waals surface area contributed by atoms with Gasteiger partial charge in [0.25, 0.3) is 0 Å². The first kappa shape index (κ1) is 34.1. The van der Waals surface area contributed by atoms with Gasteiger partial charge in [-0.1, -0.05) is 24.2 Å². The first-order valence-electron chi connectivity index (χ1n) is 15.9. The molecule has 48 heavy (non-hydrogen) atoms. The van der Waals surface area contributed by atoms with Crippen LogP contribution < -0.4 is 10.6 Å². The van der Waals surface area contributed by atoms with E-state index in [-0.39, 0.29) is 23.8 Å². The SMILES string of the molecule is CC1CC=C(c2ccc(NC(=O)OC(C)(C)C)cc2)ON=C1c1ccc(CC(NC(=O)N2CCC(c3ccccn3)C2)C(=O)O)cc1F. The molecule has 0 saturated carbocycles. The number of aromatic nitrogens is 1. The molecule has 2 aromatic carbocycles. The van der Waals surface area contributed by atoms with Crippen LogP contribution in [0.2, 0.25) is 0 Å². The number of likely N-dealkylation sites (tertiary alicyclic amines) is 1. The van der Waals surface area contributed by atoms with Crippen LogP contribution in [0.3, 0.4) is 0 Å². The van der Waals surface area contributed by atoms with Gasteiger partial charge in [0.15, 0.2) is 5.76 Å². The number of halogens is 1. The lowest BCUT2D eigenvalue weighted by Crippen LogP contribution is -2.48. The van der Waals surface area contributed by atoms with Crippen LogP contribution in [0, 0.1) is 11.7 Å². The molecule has 12 heteroatoms. The molecule has 5 rings (SSSR count). The summed E-state index contributed by atoms with van der Waals surface area (Å²) < 4.78 is 20.8. The molecule has 3 aromatic rings. The maximum absolute atomic E-state index is 15.5. The summed E-state index contributed by atoms with van der Waals surface area (Å²) >= 11 is 0. The van der Waals surface area contributed by atoms with Crippen molar-refractivity contribution in [2.75, 3.05) is 18.4 Å². The molecule has 0 spiro atoms. The van der Waals surface area contributed by atoms with Gasteiger partial charge in [-0.15, -0.1) is 0 Å². The minimum Gasteiger partial charge on any atom is -0.480 e. The minimum absolute atomic E-state index is 0.0834. The molecular formula is C36H40FN5O6. The molecule has 1 fully saturated rings. The lowest BCUT2D eigenvalue weighted by Gasteiger charge is -2.21. The molecule has 3 heterocycles. The molecule has 3 amide bonds. The summed E-state index contributed by atoms with van der Waals surface area (Å²) in [5.74, 6) is -1.40. The number of nitrogens with one attached hydrogen (secondary N) is 2. The molecule has 3 atom stereocenters. The minimum atomic E-state index is -1.24. The summed E-state index contributed by atoms with van der Waals surface area (Å²) in [5.41, 5.74) is 2.62. The Balaban J connectivity index is 1.21. The highest BCUT2D eigenvalue weighted by atomic mass is 19.1. The van der Waals surface area contributed by atoms with E-state index >= 15 is 4.39 Å². The van der Waals surface area contributed by atoms with E-state index in [0.29, 0.717) is 42.2 Å². The average molecular weight is 658 g/mol. The number of allylic oxidation sites excluding steroid dienone is 1. The van der Waals surface area contributed by atoms with E-state index in [1.54, 1.807) is 68.3 Å². The summed E-state index contributed by atoms with van der Waals surface area (Å²) in [7, 11) is 0. The van der Waals surface area contributed by atoms with Gasteiger partial charge in [-0.25, -0.2) is 18.8 Å². The third-order valence-electron chi connectivity index (χ3n) is 8.11.